The molecule has 5 nitrogen and oxygen atoms in total. The summed E-state index contributed by atoms with van der Waals surface area (Å²) in [5.74, 6) is -1.19. The molecule has 0 rings (SSSR count). The van der Waals surface area contributed by atoms with Gasteiger partial charge in [0, 0.05) is 6.42 Å². The molecule has 0 fully saturated rings. The van der Waals surface area contributed by atoms with E-state index in [0.29, 0.717) is 17.4 Å². The Morgan fingerprint density at radius 2 is 1.40 bits per heavy atom. The van der Waals surface area contributed by atoms with Gasteiger partial charge in [-0.2, -0.15) is 0 Å². The Bertz CT molecular complexity index is 356. The Kier molecular flexibility index (Phi) is 16.3. The van der Waals surface area contributed by atoms with Gasteiger partial charge in [0.15, 0.2) is 6.10 Å². The number of aliphatic carboxylic acids is 1. The van der Waals surface area contributed by atoms with Crippen LogP contribution in [0.15, 0.2) is 0 Å². The number of hydrogen-bond donors (Lipinski definition) is 1. The number of esters is 1. The zero-order valence-corrected chi connectivity index (χ0v) is 17.4. The molecule has 0 aliphatic rings. The second-order valence-electron chi connectivity index (χ2n) is 7.76. The molecule has 0 radical (unpaired) electrons. The Labute approximate surface area is 160 Å². The molecule has 0 bridgehead atoms. The average Bonchev–Trinajstić information content (AvgIpc) is 2.42. The van der Waals surface area contributed by atoms with Crippen molar-refractivity contribution in [3.63, 3.8) is 0 Å². The molecule has 0 aliphatic carbocycles. The van der Waals surface area contributed by atoms with Gasteiger partial charge in [0.05, 0.1) is 27.6 Å². The standard InChI is InChI=1S/C19H37NO4.ClH/c1-5-6-7-8-9-10-11-12-13-14-19(23)24-17(15-18(21)22)16-20(2,3)4;/h17H,5-16H2,1-4H3;1H/p+1. The summed E-state index contributed by atoms with van der Waals surface area (Å²) in [5, 5.41) is 8.95. The fourth-order valence-corrected chi connectivity index (χ4v) is 2.77. The lowest BCUT2D eigenvalue weighted by atomic mass is 10.1. The van der Waals surface area contributed by atoms with Gasteiger partial charge in [-0.3, -0.25) is 9.59 Å². The number of rotatable bonds is 15. The molecule has 0 saturated heterocycles. The number of quaternary nitrogens is 1. The molecule has 0 aromatic carbocycles. The second kappa shape index (κ2) is 15.4. The van der Waals surface area contributed by atoms with Gasteiger partial charge in [-0.1, -0.05) is 58.3 Å². The molecule has 6 heteroatoms. The maximum atomic E-state index is 11.9. The Balaban J connectivity index is 0. The van der Waals surface area contributed by atoms with E-state index < -0.39 is 12.1 Å². The number of hydrogen-bond acceptors (Lipinski definition) is 3. The first-order valence-electron chi connectivity index (χ1n) is 9.46. The fourth-order valence-electron chi connectivity index (χ4n) is 2.77. The molecule has 150 valence electrons. The maximum absolute atomic E-state index is 11.9. The lowest BCUT2D eigenvalue weighted by molar-refractivity contribution is -0.873. The quantitative estimate of drug-likeness (QED) is 0.259. The van der Waals surface area contributed by atoms with Gasteiger partial charge in [0.25, 0.3) is 0 Å². The van der Waals surface area contributed by atoms with Crippen LogP contribution in [0.1, 0.15) is 77.6 Å². The van der Waals surface area contributed by atoms with E-state index in [1.165, 1.54) is 38.5 Å². The number of carboxylic acids is 1. The molecule has 1 unspecified atom stereocenters. The van der Waals surface area contributed by atoms with E-state index in [9.17, 15) is 9.59 Å². The van der Waals surface area contributed by atoms with E-state index in [0.717, 1.165) is 19.3 Å². The molecule has 25 heavy (non-hydrogen) atoms. The Morgan fingerprint density at radius 1 is 0.920 bits per heavy atom. The van der Waals surface area contributed by atoms with Crippen molar-refractivity contribution in [2.45, 2.75) is 83.7 Å². The van der Waals surface area contributed by atoms with Crippen molar-refractivity contribution in [1.82, 2.24) is 0 Å². The van der Waals surface area contributed by atoms with Gasteiger partial charge in [-0.15, -0.1) is 12.4 Å². The molecule has 0 aromatic rings. The maximum Gasteiger partial charge on any atom is 0.307 e. The predicted molar refractivity (Wildman–Crippen MR) is 104 cm³/mol. The molecular formula is C19H39ClNO4+. The molecular weight excluding hydrogens is 342 g/mol. The van der Waals surface area contributed by atoms with Gasteiger partial charge >= 0.3 is 11.9 Å². The van der Waals surface area contributed by atoms with Crippen molar-refractivity contribution < 1.29 is 23.9 Å². The molecule has 1 atom stereocenters. The summed E-state index contributed by atoms with van der Waals surface area (Å²) >= 11 is 0. The summed E-state index contributed by atoms with van der Waals surface area (Å²) in [6.45, 7) is 2.73. The zero-order chi connectivity index (χ0) is 18.4. The van der Waals surface area contributed by atoms with Crippen LogP contribution >= 0.6 is 12.4 Å². The van der Waals surface area contributed by atoms with E-state index >= 15 is 0 Å². The number of ether oxygens (including phenoxy) is 1. The van der Waals surface area contributed by atoms with Crippen LogP contribution in [0.25, 0.3) is 0 Å². The number of halogens is 1. The first kappa shape index (κ1) is 26.4. The third kappa shape index (κ3) is 19.4. The van der Waals surface area contributed by atoms with Crippen LogP contribution in [0.4, 0.5) is 0 Å². The first-order valence-corrected chi connectivity index (χ1v) is 9.46. The Morgan fingerprint density at radius 3 is 1.84 bits per heavy atom. The van der Waals surface area contributed by atoms with Crippen LogP contribution in [-0.4, -0.2) is 55.3 Å². The van der Waals surface area contributed by atoms with E-state index in [2.05, 4.69) is 6.92 Å². The molecule has 0 aromatic heterocycles. The van der Waals surface area contributed by atoms with Gasteiger partial charge in [-0.25, -0.2) is 0 Å². The predicted octanol–water partition coefficient (Wildman–Crippen LogP) is 4.42. The van der Waals surface area contributed by atoms with E-state index in [-0.39, 0.29) is 24.8 Å². The highest BCUT2D eigenvalue weighted by Crippen LogP contribution is 2.12. The van der Waals surface area contributed by atoms with Crippen LogP contribution in [0.2, 0.25) is 0 Å². The molecule has 0 spiro atoms. The summed E-state index contributed by atoms with van der Waals surface area (Å²) in [5.41, 5.74) is 0. The lowest BCUT2D eigenvalue weighted by Gasteiger charge is -2.28. The van der Waals surface area contributed by atoms with Gasteiger partial charge in [-0.05, 0) is 6.42 Å². The number of carboxylic acid groups (broad SMARTS) is 1. The molecule has 1 N–H and O–H groups in total. The number of likely N-dealkylation sites (N-methyl/N-ethyl adjacent to an activating group) is 1. The smallest absolute Gasteiger partial charge is 0.307 e. The summed E-state index contributed by atoms with van der Waals surface area (Å²) in [4.78, 5) is 22.8. The van der Waals surface area contributed by atoms with Gasteiger partial charge in [0.1, 0.15) is 6.54 Å². The SMILES string of the molecule is CCCCCCCCCCCC(=O)OC(CC(=O)O)C[N+](C)(C)C.Cl. The van der Waals surface area contributed by atoms with Crippen LogP contribution in [0.3, 0.4) is 0 Å². The monoisotopic (exact) mass is 380 g/mol. The summed E-state index contributed by atoms with van der Waals surface area (Å²) in [6, 6.07) is 0. The van der Waals surface area contributed by atoms with Gasteiger partial charge in [0.2, 0.25) is 0 Å². The molecule has 0 aliphatic heterocycles. The number of nitrogens with zero attached hydrogens (tertiary/aromatic N) is 1. The largest absolute Gasteiger partial charge is 0.481 e. The lowest BCUT2D eigenvalue weighted by Crippen LogP contribution is -2.43. The zero-order valence-electron chi connectivity index (χ0n) is 16.6. The highest BCUT2D eigenvalue weighted by Gasteiger charge is 2.24. The number of unbranched alkanes of at least 4 members (excludes halogenated alkanes) is 8. The van der Waals surface area contributed by atoms with Gasteiger partial charge < -0.3 is 14.3 Å². The Hall–Kier alpha value is -0.810. The van der Waals surface area contributed by atoms with Crippen molar-refractivity contribution in [2.24, 2.45) is 0 Å². The topological polar surface area (TPSA) is 63.6 Å². The van der Waals surface area contributed by atoms with Crippen molar-refractivity contribution in [3.8, 4) is 0 Å². The number of carbonyl (C=O) groups excluding carboxylic acids is 1. The molecule has 0 heterocycles. The van der Waals surface area contributed by atoms with Crippen molar-refractivity contribution >= 4 is 24.3 Å². The van der Waals surface area contributed by atoms with Crippen LogP contribution in [0, 0.1) is 0 Å². The minimum absolute atomic E-state index is 0. The van der Waals surface area contributed by atoms with Crippen molar-refractivity contribution in [2.75, 3.05) is 27.7 Å². The van der Waals surface area contributed by atoms with Crippen molar-refractivity contribution in [1.29, 1.82) is 0 Å². The van der Waals surface area contributed by atoms with Crippen LogP contribution < -0.4 is 0 Å². The third-order valence-electron chi connectivity index (χ3n) is 3.94. The highest BCUT2D eigenvalue weighted by molar-refractivity contribution is 5.85. The minimum Gasteiger partial charge on any atom is -0.481 e. The first-order chi connectivity index (χ1) is 11.2. The van der Waals surface area contributed by atoms with Crippen molar-refractivity contribution in [3.05, 3.63) is 0 Å². The summed E-state index contributed by atoms with van der Waals surface area (Å²) in [7, 11) is 5.88. The minimum atomic E-state index is -0.927. The molecule has 0 amide bonds. The van der Waals surface area contributed by atoms with Crippen LogP contribution in [0.5, 0.6) is 0 Å². The van der Waals surface area contributed by atoms with E-state index in [1.807, 2.05) is 21.1 Å². The fraction of sp³-hybridized carbons (Fsp3) is 0.895. The van der Waals surface area contributed by atoms with Crippen LogP contribution in [-0.2, 0) is 14.3 Å². The third-order valence-corrected chi connectivity index (χ3v) is 3.94. The number of carbonyl (C=O) groups is 2. The molecule has 0 saturated carbocycles. The second-order valence-corrected chi connectivity index (χ2v) is 7.76. The van der Waals surface area contributed by atoms with E-state index in [4.69, 9.17) is 9.84 Å². The highest BCUT2D eigenvalue weighted by atomic mass is 35.5. The van der Waals surface area contributed by atoms with E-state index in [1.54, 1.807) is 0 Å². The summed E-state index contributed by atoms with van der Waals surface area (Å²) < 4.78 is 5.95. The summed E-state index contributed by atoms with van der Waals surface area (Å²) in [6.07, 6.45) is 10.5. The average molecular weight is 381 g/mol. The normalized spacial score (nSPS) is 12.3.